The average molecular weight is 283 g/mol. The van der Waals surface area contributed by atoms with Crippen molar-refractivity contribution in [3.8, 4) is 0 Å². The molecule has 0 heterocycles. The van der Waals surface area contributed by atoms with Gasteiger partial charge in [-0.2, -0.15) is 0 Å². The second-order valence-corrected chi connectivity index (χ2v) is 7.25. The summed E-state index contributed by atoms with van der Waals surface area (Å²) in [5.74, 6) is 0. The molecule has 0 aromatic heterocycles. The van der Waals surface area contributed by atoms with Gasteiger partial charge in [-0.15, -0.1) is 0 Å². The highest BCUT2D eigenvalue weighted by Crippen LogP contribution is 2.30. The van der Waals surface area contributed by atoms with Crippen LogP contribution in [0.2, 0.25) is 0 Å². The van der Waals surface area contributed by atoms with Gasteiger partial charge in [0.1, 0.15) is 6.61 Å². The van der Waals surface area contributed by atoms with Crippen LogP contribution in [-0.4, -0.2) is 5.43 Å². The Kier molecular flexibility index (Phi) is 4.67. The van der Waals surface area contributed by atoms with Crippen LogP contribution in [0.1, 0.15) is 58.2 Å². The number of hydrogen-bond donors (Lipinski definition) is 0. The smallest absolute Gasteiger partial charge is 0.404 e. The Hall–Kier alpha value is -1.02. The number of rotatable bonds is 2. The van der Waals surface area contributed by atoms with E-state index in [9.17, 15) is 4.79 Å². The minimum absolute atomic E-state index is 0.0565. The zero-order chi connectivity index (χ0) is 14.8. The molecule has 0 amide bonds. The lowest BCUT2D eigenvalue weighted by Crippen LogP contribution is -2.17. The van der Waals surface area contributed by atoms with E-state index < -0.39 is 5.43 Å². The summed E-state index contributed by atoms with van der Waals surface area (Å²) < 4.78 is 4.89. The van der Waals surface area contributed by atoms with Crippen molar-refractivity contribution < 1.29 is 9.53 Å². The molecule has 1 aromatic carbocycles. The third kappa shape index (κ3) is 4.87. The zero-order valence-electron chi connectivity index (χ0n) is 12.6. The Morgan fingerprint density at radius 1 is 1.00 bits per heavy atom. The Bertz CT molecular complexity index is 432. The Morgan fingerprint density at radius 3 is 1.74 bits per heavy atom. The molecule has 2 nitrogen and oxygen atoms in total. The number of hydrogen-bond acceptors (Lipinski definition) is 2. The van der Waals surface area contributed by atoms with Crippen LogP contribution < -0.4 is 0 Å². The molecule has 0 atom stereocenters. The van der Waals surface area contributed by atoms with Crippen molar-refractivity contribution in [3.05, 3.63) is 34.9 Å². The maximum atomic E-state index is 10.7. The van der Waals surface area contributed by atoms with Gasteiger partial charge < -0.3 is 4.74 Å². The highest BCUT2D eigenvalue weighted by molar-refractivity contribution is 6.61. The summed E-state index contributed by atoms with van der Waals surface area (Å²) in [5.41, 5.74) is 2.80. The molecule has 0 spiro atoms. The fourth-order valence-electron chi connectivity index (χ4n) is 1.78. The summed E-state index contributed by atoms with van der Waals surface area (Å²) in [6.07, 6.45) is 0. The Labute approximate surface area is 121 Å². The first-order valence-electron chi connectivity index (χ1n) is 6.47. The van der Waals surface area contributed by atoms with E-state index in [1.54, 1.807) is 0 Å². The van der Waals surface area contributed by atoms with E-state index in [1.165, 1.54) is 11.1 Å². The fraction of sp³-hybridized carbons (Fsp3) is 0.562. The highest BCUT2D eigenvalue weighted by Gasteiger charge is 2.20. The molecular formula is C16H23ClO2. The van der Waals surface area contributed by atoms with E-state index in [2.05, 4.69) is 59.7 Å². The molecular weight excluding hydrogens is 260 g/mol. The maximum Gasteiger partial charge on any atom is 0.404 e. The van der Waals surface area contributed by atoms with Gasteiger partial charge in [-0.1, -0.05) is 59.7 Å². The van der Waals surface area contributed by atoms with Crippen LogP contribution in [0.25, 0.3) is 0 Å². The maximum absolute atomic E-state index is 10.7. The molecule has 0 radical (unpaired) electrons. The van der Waals surface area contributed by atoms with Crippen molar-refractivity contribution in [1.29, 1.82) is 0 Å². The molecule has 106 valence electrons. The van der Waals surface area contributed by atoms with Crippen LogP contribution in [0.5, 0.6) is 0 Å². The van der Waals surface area contributed by atoms with Crippen molar-refractivity contribution in [2.75, 3.05) is 0 Å². The topological polar surface area (TPSA) is 26.3 Å². The molecule has 3 heteroatoms. The first-order chi connectivity index (χ1) is 8.50. The predicted molar refractivity (Wildman–Crippen MR) is 79.9 cm³/mol. The van der Waals surface area contributed by atoms with Gasteiger partial charge in [-0.25, -0.2) is 4.79 Å². The lowest BCUT2D eigenvalue weighted by molar-refractivity contribution is 0.167. The lowest BCUT2D eigenvalue weighted by atomic mass is 9.79. The van der Waals surface area contributed by atoms with Crippen LogP contribution >= 0.6 is 11.6 Å². The summed E-state index contributed by atoms with van der Waals surface area (Å²) in [6, 6.07) is 6.39. The molecule has 0 aliphatic rings. The van der Waals surface area contributed by atoms with Crippen LogP contribution in [0, 0.1) is 0 Å². The average Bonchev–Trinajstić information content (AvgIpc) is 2.23. The molecule has 0 saturated carbocycles. The van der Waals surface area contributed by atoms with Crippen LogP contribution in [0.15, 0.2) is 18.2 Å². The molecule has 0 bridgehead atoms. The van der Waals surface area contributed by atoms with E-state index in [-0.39, 0.29) is 17.4 Å². The second kappa shape index (κ2) is 5.54. The fourth-order valence-corrected chi connectivity index (χ4v) is 1.84. The molecule has 1 aromatic rings. The van der Waals surface area contributed by atoms with Crippen LogP contribution in [-0.2, 0) is 22.2 Å². The molecule has 0 fully saturated rings. The van der Waals surface area contributed by atoms with Gasteiger partial charge in [-0.05, 0) is 27.5 Å². The molecule has 0 aliphatic carbocycles. The zero-order valence-corrected chi connectivity index (χ0v) is 13.4. The van der Waals surface area contributed by atoms with Gasteiger partial charge in [0.2, 0.25) is 0 Å². The summed E-state index contributed by atoms with van der Waals surface area (Å²) in [5, 5.41) is 0. The van der Waals surface area contributed by atoms with Crippen molar-refractivity contribution >= 4 is 17.0 Å². The molecule has 0 saturated heterocycles. The minimum Gasteiger partial charge on any atom is -0.449 e. The van der Waals surface area contributed by atoms with Crippen LogP contribution in [0.4, 0.5) is 4.79 Å². The van der Waals surface area contributed by atoms with Crippen LogP contribution in [0.3, 0.4) is 0 Å². The molecule has 0 aliphatic heterocycles. The standard InChI is InChI=1S/C16H23ClO2/c1-15(2,3)12-7-11(10-19-14(17)18)8-13(9-12)16(4,5)6/h7-9H,10H2,1-6H3. The number of carbonyl (C=O) groups excluding carboxylic acids is 1. The number of benzene rings is 1. The van der Waals surface area contributed by atoms with Gasteiger partial charge in [0.15, 0.2) is 0 Å². The third-order valence-corrected chi connectivity index (χ3v) is 3.19. The van der Waals surface area contributed by atoms with Crippen molar-refractivity contribution in [2.45, 2.75) is 59.0 Å². The van der Waals surface area contributed by atoms with Gasteiger partial charge in [-0.3, -0.25) is 0 Å². The Morgan fingerprint density at radius 2 is 1.42 bits per heavy atom. The van der Waals surface area contributed by atoms with E-state index in [1.807, 2.05) is 0 Å². The lowest BCUT2D eigenvalue weighted by Gasteiger charge is -2.26. The van der Waals surface area contributed by atoms with E-state index >= 15 is 0 Å². The normalized spacial score (nSPS) is 12.4. The third-order valence-electron chi connectivity index (χ3n) is 3.08. The minimum atomic E-state index is -0.765. The summed E-state index contributed by atoms with van der Waals surface area (Å²) >= 11 is 5.23. The van der Waals surface area contributed by atoms with E-state index in [0.717, 1.165) is 5.56 Å². The number of ether oxygens (including phenoxy) is 1. The van der Waals surface area contributed by atoms with Crippen molar-refractivity contribution in [1.82, 2.24) is 0 Å². The number of carbonyl (C=O) groups is 1. The summed E-state index contributed by atoms with van der Waals surface area (Å²) in [4.78, 5) is 10.7. The van der Waals surface area contributed by atoms with E-state index in [0.29, 0.717) is 0 Å². The first kappa shape index (κ1) is 16.0. The van der Waals surface area contributed by atoms with Gasteiger partial charge in [0.25, 0.3) is 0 Å². The quantitative estimate of drug-likeness (QED) is 0.701. The molecule has 0 unspecified atom stereocenters. The van der Waals surface area contributed by atoms with Gasteiger partial charge >= 0.3 is 5.43 Å². The first-order valence-corrected chi connectivity index (χ1v) is 6.85. The monoisotopic (exact) mass is 282 g/mol. The van der Waals surface area contributed by atoms with Crippen molar-refractivity contribution in [2.24, 2.45) is 0 Å². The van der Waals surface area contributed by atoms with Gasteiger partial charge in [0.05, 0.1) is 0 Å². The summed E-state index contributed by atoms with van der Waals surface area (Å²) in [7, 11) is 0. The largest absolute Gasteiger partial charge is 0.449 e. The van der Waals surface area contributed by atoms with Crippen molar-refractivity contribution in [3.63, 3.8) is 0 Å². The molecule has 0 N–H and O–H groups in total. The number of halogens is 1. The van der Waals surface area contributed by atoms with Gasteiger partial charge in [0, 0.05) is 11.6 Å². The second-order valence-electron chi connectivity index (χ2n) is 6.94. The highest BCUT2D eigenvalue weighted by atomic mass is 35.5. The SMILES string of the molecule is CC(C)(C)c1cc(COC(=O)Cl)cc(C(C)(C)C)c1. The van der Waals surface area contributed by atoms with E-state index in [4.69, 9.17) is 16.3 Å². The molecule has 1 rings (SSSR count). The predicted octanol–water partition coefficient (Wildman–Crippen LogP) is 5.16. The Balaban J connectivity index is 3.21. The molecule has 19 heavy (non-hydrogen) atoms. The summed E-state index contributed by atoms with van der Waals surface area (Å²) in [6.45, 7) is 13.3.